The van der Waals surface area contributed by atoms with Crippen molar-refractivity contribution in [1.29, 1.82) is 0 Å². The van der Waals surface area contributed by atoms with Gasteiger partial charge in [-0.3, -0.25) is 0 Å². The molecule has 0 spiro atoms. The molecule has 0 bridgehead atoms. The molecule has 14 heavy (non-hydrogen) atoms. The van der Waals surface area contributed by atoms with Gasteiger partial charge in [0, 0.05) is 0 Å². The minimum atomic E-state index is 0. The van der Waals surface area contributed by atoms with Gasteiger partial charge in [-0.2, -0.15) is 0 Å². The van der Waals surface area contributed by atoms with Crippen LogP contribution in [0.3, 0.4) is 0 Å². The van der Waals surface area contributed by atoms with Crippen molar-refractivity contribution in [2.75, 3.05) is 0 Å². The summed E-state index contributed by atoms with van der Waals surface area (Å²) in [5.41, 5.74) is 1.58. The van der Waals surface area contributed by atoms with E-state index in [4.69, 9.17) is 0 Å². The van der Waals surface area contributed by atoms with Crippen molar-refractivity contribution in [1.82, 2.24) is 0 Å². The van der Waals surface area contributed by atoms with Crippen LogP contribution >= 0.6 is 0 Å². The van der Waals surface area contributed by atoms with Crippen molar-refractivity contribution in [3.63, 3.8) is 0 Å². The van der Waals surface area contributed by atoms with E-state index >= 15 is 0 Å². The zero-order valence-electron chi connectivity index (χ0n) is 8.47. The standard InChI is InChI=1S/C11H16.2ClH.Zr/c1-3-4-7-10(2)11-8-5-6-9-11;;;/h3,5-6,8,10H,1,4,7,9H2,2H3;2*1H;/q;;;+2/p-2. The smallest absolute Gasteiger partial charge is 1.00 e. The van der Waals surface area contributed by atoms with Gasteiger partial charge in [-0.15, -0.1) is 6.58 Å². The van der Waals surface area contributed by atoms with Crippen molar-refractivity contribution >= 4 is 0 Å². The summed E-state index contributed by atoms with van der Waals surface area (Å²) in [5, 5.41) is 0. The van der Waals surface area contributed by atoms with Crippen LogP contribution in [0.1, 0.15) is 26.2 Å². The van der Waals surface area contributed by atoms with Crippen LogP contribution in [0.25, 0.3) is 0 Å². The molecule has 0 radical (unpaired) electrons. The van der Waals surface area contributed by atoms with Crippen LogP contribution in [0, 0.1) is 5.92 Å². The van der Waals surface area contributed by atoms with Crippen molar-refractivity contribution in [3.05, 3.63) is 36.5 Å². The molecule has 0 amide bonds. The first-order valence-corrected chi connectivity index (χ1v) is 4.31. The SMILES string of the molecule is C=CCCC(C)C1=CC=CC1.[Cl-].[Cl-].[Zr+2]. The van der Waals surface area contributed by atoms with Gasteiger partial charge >= 0.3 is 26.2 Å². The monoisotopic (exact) mass is 308 g/mol. The van der Waals surface area contributed by atoms with Crippen molar-refractivity contribution in [3.8, 4) is 0 Å². The molecule has 0 fully saturated rings. The minimum Gasteiger partial charge on any atom is -1.00 e. The van der Waals surface area contributed by atoms with Crippen LogP contribution in [0.2, 0.25) is 0 Å². The predicted octanol–water partition coefficient (Wildman–Crippen LogP) is -2.52. The van der Waals surface area contributed by atoms with E-state index in [0.29, 0.717) is 0 Å². The summed E-state index contributed by atoms with van der Waals surface area (Å²) >= 11 is 0. The molecule has 1 aliphatic carbocycles. The first-order chi connectivity index (χ1) is 5.34. The molecule has 78 valence electrons. The summed E-state index contributed by atoms with van der Waals surface area (Å²) in [6.07, 6.45) is 12.2. The molecule has 0 aromatic heterocycles. The van der Waals surface area contributed by atoms with E-state index in [2.05, 4.69) is 31.7 Å². The normalized spacial score (nSPS) is 14.2. The summed E-state index contributed by atoms with van der Waals surface area (Å²) in [7, 11) is 0. The summed E-state index contributed by atoms with van der Waals surface area (Å²) < 4.78 is 0. The maximum absolute atomic E-state index is 3.72. The molecule has 0 saturated carbocycles. The van der Waals surface area contributed by atoms with Crippen molar-refractivity contribution in [2.24, 2.45) is 5.92 Å². The molecule has 0 nitrogen and oxygen atoms in total. The zero-order valence-corrected chi connectivity index (χ0v) is 12.4. The zero-order chi connectivity index (χ0) is 8.10. The average molecular weight is 310 g/mol. The molecule has 0 aliphatic heterocycles. The van der Waals surface area contributed by atoms with Crippen molar-refractivity contribution < 1.29 is 51.0 Å². The third-order valence-electron chi connectivity index (χ3n) is 2.24. The topological polar surface area (TPSA) is 0 Å². The quantitative estimate of drug-likeness (QED) is 0.503. The van der Waals surface area contributed by atoms with E-state index in [-0.39, 0.29) is 51.0 Å². The minimum absolute atomic E-state index is 0. The molecule has 1 rings (SSSR count). The van der Waals surface area contributed by atoms with Crippen LogP contribution in [-0.2, 0) is 26.2 Å². The molecule has 0 saturated heterocycles. The Morgan fingerprint density at radius 1 is 1.50 bits per heavy atom. The Bertz CT molecular complexity index is 197. The predicted molar refractivity (Wildman–Crippen MR) is 50.4 cm³/mol. The number of allylic oxidation sites excluding steroid dienone is 5. The first kappa shape index (κ1) is 20.1. The third-order valence-corrected chi connectivity index (χ3v) is 2.24. The summed E-state index contributed by atoms with van der Waals surface area (Å²) in [6, 6.07) is 0. The van der Waals surface area contributed by atoms with E-state index in [0.717, 1.165) is 18.8 Å². The van der Waals surface area contributed by atoms with Crippen LogP contribution in [0.5, 0.6) is 0 Å². The molecular formula is C11H16Cl2Zr. The number of hydrogen-bond acceptors (Lipinski definition) is 0. The Labute approximate surface area is 119 Å². The van der Waals surface area contributed by atoms with Gasteiger partial charge in [-0.1, -0.05) is 36.8 Å². The molecule has 0 aromatic rings. The van der Waals surface area contributed by atoms with Crippen LogP contribution in [-0.4, -0.2) is 0 Å². The van der Waals surface area contributed by atoms with Crippen LogP contribution < -0.4 is 24.8 Å². The van der Waals surface area contributed by atoms with Gasteiger partial charge in [-0.25, -0.2) is 0 Å². The fourth-order valence-corrected chi connectivity index (χ4v) is 1.38. The Kier molecular flexibility index (Phi) is 16.9. The fourth-order valence-electron chi connectivity index (χ4n) is 1.38. The summed E-state index contributed by atoms with van der Waals surface area (Å²) in [5.74, 6) is 0.739. The van der Waals surface area contributed by atoms with Gasteiger partial charge in [-0.05, 0) is 25.2 Å². The van der Waals surface area contributed by atoms with E-state index in [1.54, 1.807) is 5.57 Å². The van der Waals surface area contributed by atoms with Crippen molar-refractivity contribution in [2.45, 2.75) is 26.2 Å². The van der Waals surface area contributed by atoms with E-state index in [9.17, 15) is 0 Å². The van der Waals surface area contributed by atoms with E-state index < -0.39 is 0 Å². The summed E-state index contributed by atoms with van der Waals surface area (Å²) in [4.78, 5) is 0. The fraction of sp³-hybridized carbons (Fsp3) is 0.455. The first-order valence-electron chi connectivity index (χ1n) is 4.31. The van der Waals surface area contributed by atoms with Crippen LogP contribution in [0.4, 0.5) is 0 Å². The van der Waals surface area contributed by atoms with Gasteiger partial charge in [0.2, 0.25) is 0 Å². The van der Waals surface area contributed by atoms with Crippen LogP contribution in [0.15, 0.2) is 36.5 Å². The Morgan fingerprint density at radius 3 is 2.57 bits per heavy atom. The third kappa shape index (κ3) is 7.04. The van der Waals surface area contributed by atoms with E-state index in [1.165, 1.54) is 6.42 Å². The van der Waals surface area contributed by atoms with Gasteiger partial charge in [0.05, 0.1) is 0 Å². The largest absolute Gasteiger partial charge is 2.00 e. The Hall–Kier alpha value is 0.683. The van der Waals surface area contributed by atoms with Gasteiger partial charge in [0.25, 0.3) is 0 Å². The second-order valence-corrected chi connectivity index (χ2v) is 3.14. The molecule has 3 heteroatoms. The van der Waals surface area contributed by atoms with E-state index in [1.807, 2.05) is 6.08 Å². The second kappa shape index (κ2) is 11.8. The van der Waals surface area contributed by atoms with Gasteiger partial charge in [0.15, 0.2) is 0 Å². The molecular weight excluding hydrogens is 294 g/mol. The molecule has 0 N–H and O–H groups in total. The Balaban J connectivity index is -0.000000403. The Morgan fingerprint density at radius 2 is 2.14 bits per heavy atom. The molecule has 1 aliphatic rings. The molecule has 1 unspecified atom stereocenters. The van der Waals surface area contributed by atoms with Gasteiger partial charge in [0.1, 0.15) is 0 Å². The maximum atomic E-state index is 3.72. The molecule has 0 aromatic carbocycles. The summed E-state index contributed by atoms with van der Waals surface area (Å²) in [6.45, 7) is 6.02. The molecule has 1 atom stereocenters. The molecule has 0 heterocycles. The second-order valence-electron chi connectivity index (χ2n) is 3.14. The average Bonchev–Trinajstić information content (AvgIpc) is 2.52. The number of hydrogen-bond donors (Lipinski definition) is 0. The number of rotatable bonds is 4. The van der Waals surface area contributed by atoms with Gasteiger partial charge < -0.3 is 24.8 Å². The maximum Gasteiger partial charge on any atom is 2.00 e. The number of halogens is 2.